The smallest absolute Gasteiger partial charge is 0.162 e. The summed E-state index contributed by atoms with van der Waals surface area (Å²) in [5.41, 5.74) is 0.303. The molecule has 0 amide bonds. The highest BCUT2D eigenvalue weighted by atomic mass is 32.1. The first-order chi connectivity index (χ1) is 8.20. The zero-order chi connectivity index (χ0) is 12.3. The molecule has 90 valence electrons. The Morgan fingerprint density at radius 1 is 1.24 bits per heavy atom. The normalized spacial score (nSPS) is 10.8. The van der Waals surface area contributed by atoms with Crippen LogP contribution in [0.15, 0.2) is 18.2 Å². The fraction of sp³-hybridized carbons (Fsp3) is 0.273. The number of benzene rings is 1. The Balaban J connectivity index is 2.16. The molecule has 0 aliphatic heterocycles. The second-order valence-corrected chi connectivity index (χ2v) is 4.66. The molecule has 0 saturated carbocycles. The zero-order valence-corrected chi connectivity index (χ0v) is 10.0. The SMILES string of the molecule is CNCc1nnc(Cc2cccc(F)c2F)s1. The van der Waals surface area contributed by atoms with E-state index in [1.54, 1.807) is 6.07 Å². The van der Waals surface area contributed by atoms with Crippen molar-refractivity contribution in [1.82, 2.24) is 15.5 Å². The van der Waals surface area contributed by atoms with Gasteiger partial charge in [0.05, 0.1) is 0 Å². The number of nitrogens with zero attached hydrogens (tertiary/aromatic N) is 2. The maximum absolute atomic E-state index is 13.4. The van der Waals surface area contributed by atoms with Gasteiger partial charge in [-0.3, -0.25) is 0 Å². The minimum absolute atomic E-state index is 0.269. The van der Waals surface area contributed by atoms with Gasteiger partial charge in [0.2, 0.25) is 0 Å². The van der Waals surface area contributed by atoms with Crippen LogP contribution < -0.4 is 5.32 Å². The van der Waals surface area contributed by atoms with E-state index in [0.29, 0.717) is 17.1 Å². The van der Waals surface area contributed by atoms with Gasteiger partial charge in [-0.1, -0.05) is 23.5 Å². The topological polar surface area (TPSA) is 37.8 Å². The van der Waals surface area contributed by atoms with Crippen LogP contribution in [0.3, 0.4) is 0 Å². The third-order valence-electron chi connectivity index (χ3n) is 2.21. The van der Waals surface area contributed by atoms with Crippen molar-refractivity contribution in [3.63, 3.8) is 0 Å². The molecule has 0 atom stereocenters. The Morgan fingerprint density at radius 3 is 2.76 bits per heavy atom. The van der Waals surface area contributed by atoms with Crippen LogP contribution in [0.2, 0.25) is 0 Å². The molecule has 1 heterocycles. The molecule has 0 aliphatic carbocycles. The molecule has 0 unspecified atom stereocenters. The number of halogens is 2. The second kappa shape index (κ2) is 5.29. The monoisotopic (exact) mass is 255 g/mol. The zero-order valence-electron chi connectivity index (χ0n) is 9.20. The van der Waals surface area contributed by atoms with Crippen LogP contribution in [0.25, 0.3) is 0 Å². The Kier molecular flexibility index (Phi) is 3.75. The second-order valence-electron chi connectivity index (χ2n) is 3.51. The van der Waals surface area contributed by atoms with Crippen molar-refractivity contribution >= 4 is 11.3 Å². The van der Waals surface area contributed by atoms with Crippen molar-refractivity contribution in [1.29, 1.82) is 0 Å². The number of rotatable bonds is 4. The first-order valence-electron chi connectivity index (χ1n) is 5.09. The van der Waals surface area contributed by atoms with Gasteiger partial charge in [0.25, 0.3) is 0 Å². The summed E-state index contributed by atoms with van der Waals surface area (Å²) in [6.45, 7) is 0.628. The average molecular weight is 255 g/mol. The summed E-state index contributed by atoms with van der Waals surface area (Å²) in [5, 5.41) is 12.4. The molecular formula is C11H11F2N3S. The van der Waals surface area contributed by atoms with Gasteiger partial charge < -0.3 is 5.32 Å². The van der Waals surface area contributed by atoms with Crippen LogP contribution in [0, 0.1) is 11.6 Å². The van der Waals surface area contributed by atoms with Crippen LogP contribution in [-0.2, 0) is 13.0 Å². The first kappa shape index (κ1) is 12.1. The summed E-state index contributed by atoms with van der Waals surface area (Å²) in [6, 6.07) is 4.15. The van der Waals surface area contributed by atoms with Gasteiger partial charge in [-0.05, 0) is 18.7 Å². The van der Waals surface area contributed by atoms with E-state index in [0.717, 1.165) is 11.1 Å². The summed E-state index contributed by atoms with van der Waals surface area (Å²) >= 11 is 1.39. The summed E-state index contributed by atoms with van der Waals surface area (Å²) in [6.07, 6.45) is 0.269. The van der Waals surface area contributed by atoms with Crippen LogP contribution in [-0.4, -0.2) is 17.2 Å². The van der Waals surface area contributed by atoms with E-state index < -0.39 is 11.6 Å². The lowest BCUT2D eigenvalue weighted by Crippen LogP contribution is -2.04. The van der Waals surface area contributed by atoms with Crippen LogP contribution in [0.1, 0.15) is 15.6 Å². The third-order valence-corrected chi connectivity index (χ3v) is 3.13. The fourth-order valence-electron chi connectivity index (χ4n) is 1.43. The van der Waals surface area contributed by atoms with Crippen LogP contribution in [0.4, 0.5) is 8.78 Å². The van der Waals surface area contributed by atoms with Crippen LogP contribution >= 0.6 is 11.3 Å². The maximum atomic E-state index is 13.4. The molecule has 2 aromatic rings. The van der Waals surface area contributed by atoms with Crippen molar-refractivity contribution in [3.8, 4) is 0 Å². The van der Waals surface area contributed by atoms with E-state index in [-0.39, 0.29) is 6.42 Å². The van der Waals surface area contributed by atoms with E-state index in [1.807, 2.05) is 7.05 Å². The molecule has 1 N–H and O–H groups in total. The molecule has 0 aliphatic rings. The number of aromatic nitrogens is 2. The minimum atomic E-state index is -0.831. The molecule has 0 saturated heterocycles. The van der Waals surface area contributed by atoms with Gasteiger partial charge in [-0.15, -0.1) is 10.2 Å². The van der Waals surface area contributed by atoms with Crippen molar-refractivity contribution < 1.29 is 8.78 Å². The molecule has 2 rings (SSSR count). The van der Waals surface area contributed by atoms with E-state index >= 15 is 0 Å². The Labute approximate surface area is 102 Å². The molecule has 0 fully saturated rings. The summed E-state index contributed by atoms with van der Waals surface area (Å²) < 4.78 is 26.4. The van der Waals surface area contributed by atoms with Crippen molar-refractivity contribution in [2.45, 2.75) is 13.0 Å². The molecular weight excluding hydrogens is 244 g/mol. The van der Waals surface area contributed by atoms with Crippen LogP contribution in [0.5, 0.6) is 0 Å². The lowest BCUT2D eigenvalue weighted by atomic mass is 10.1. The largest absolute Gasteiger partial charge is 0.313 e. The summed E-state index contributed by atoms with van der Waals surface area (Å²) in [7, 11) is 1.81. The van der Waals surface area contributed by atoms with E-state index in [4.69, 9.17) is 0 Å². The highest BCUT2D eigenvalue weighted by Crippen LogP contribution is 2.18. The van der Waals surface area contributed by atoms with E-state index in [1.165, 1.54) is 17.4 Å². The maximum Gasteiger partial charge on any atom is 0.162 e. The Morgan fingerprint density at radius 2 is 2.00 bits per heavy atom. The molecule has 17 heavy (non-hydrogen) atoms. The molecule has 0 radical (unpaired) electrons. The highest BCUT2D eigenvalue weighted by molar-refractivity contribution is 7.11. The van der Waals surface area contributed by atoms with Gasteiger partial charge in [0.1, 0.15) is 10.0 Å². The average Bonchev–Trinajstić information content (AvgIpc) is 2.73. The predicted molar refractivity (Wildman–Crippen MR) is 61.8 cm³/mol. The lowest BCUT2D eigenvalue weighted by molar-refractivity contribution is 0.500. The standard InChI is InChI=1S/C11H11F2N3S/c1-14-6-10-16-15-9(17-10)5-7-3-2-4-8(12)11(7)13/h2-4,14H,5-6H2,1H3. The van der Waals surface area contributed by atoms with Crippen molar-refractivity contribution in [2.75, 3.05) is 7.05 Å². The van der Waals surface area contributed by atoms with Gasteiger partial charge in [-0.25, -0.2) is 8.78 Å². The molecule has 0 spiro atoms. The number of hydrogen-bond acceptors (Lipinski definition) is 4. The first-order valence-corrected chi connectivity index (χ1v) is 5.91. The van der Waals surface area contributed by atoms with Gasteiger partial charge in [0.15, 0.2) is 11.6 Å². The number of hydrogen-bond donors (Lipinski definition) is 1. The molecule has 3 nitrogen and oxygen atoms in total. The van der Waals surface area contributed by atoms with Crippen molar-refractivity contribution in [3.05, 3.63) is 45.4 Å². The minimum Gasteiger partial charge on any atom is -0.313 e. The molecule has 0 bridgehead atoms. The Bertz CT molecular complexity index is 513. The Hall–Kier alpha value is -1.40. The molecule has 1 aromatic carbocycles. The van der Waals surface area contributed by atoms with Crippen molar-refractivity contribution in [2.24, 2.45) is 0 Å². The van der Waals surface area contributed by atoms with Gasteiger partial charge in [-0.2, -0.15) is 0 Å². The highest BCUT2D eigenvalue weighted by Gasteiger charge is 2.11. The summed E-state index contributed by atoms with van der Waals surface area (Å²) in [5.74, 6) is -1.64. The third kappa shape index (κ3) is 2.83. The fourth-order valence-corrected chi connectivity index (χ4v) is 2.31. The predicted octanol–water partition coefficient (Wildman–Crippen LogP) is 2.13. The van der Waals surface area contributed by atoms with Gasteiger partial charge >= 0.3 is 0 Å². The quantitative estimate of drug-likeness (QED) is 0.909. The number of nitrogens with one attached hydrogen (secondary N) is 1. The van der Waals surface area contributed by atoms with Gasteiger partial charge in [0, 0.05) is 13.0 Å². The molecule has 1 aromatic heterocycles. The summed E-state index contributed by atoms with van der Waals surface area (Å²) in [4.78, 5) is 0. The van der Waals surface area contributed by atoms with E-state index in [2.05, 4.69) is 15.5 Å². The lowest BCUT2D eigenvalue weighted by Gasteiger charge is -2.00. The molecule has 6 heteroatoms. The van der Waals surface area contributed by atoms with E-state index in [9.17, 15) is 8.78 Å².